The Kier molecular flexibility index (Phi) is 5.44. The zero-order valence-electron chi connectivity index (χ0n) is 14.1. The molecule has 0 aliphatic heterocycles. The van der Waals surface area contributed by atoms with E-state index in [0.717, 1.165) is 0 Å². The van der Waals surface area contributed by atoms with E-state index in [4.69, 9.17) is 11.6 Å². The Labute approximate surface area is 158 Å². The van der Waals surface area contributed by atoms with Crippen molar-refractivity contribution in [2.75, 3.05) is 10.0 Å². The first-order valence-corrected chi connectivity index (χ1v) is 9.83. The van der Waals surface area contributed by atoms with Crippen molar-refractivity contribution in [1.82, 2.24) is 4.98 Å². The van der Waals surface area contributed by atoms with Crippen LogP contribution in [0.1, 0.15) is 11.1 Å². The predicted octanol–water partition coefficient (Wildman–Crippen LogP) is 4.46. The van der Waals surface area contributed by atoms with Gasteiger partial charge in [-0.05, 0) is 48.4 Å². The molecule has 3 aromatic rings. The van der Waals surface area contributed by atoms with Crippen LogP contribution in [-0.2, 0) is 16.6 Å². The Hall–Kier alpha value is -2.57. The highest BCUT2D eigenvalue weighted by Gasteiger charge is 2.14. The molecule has 5 nitrogen and oxygen atoms in total. The van der Waals surface area contributed by atoms with E-state index in [1.807, 2.05) is 12.1 Å². The van der Waals surface area contributed by atoms with Crippen LogP contribution >= 0.6 is 11.6 Å². The van der Waals surface area contributed by atoms with E-state index in [1.165, 1.54) is 29.5 Å². The highest BCUT2D eigenvalue weighted by atomic mass is 35.5. The second-order valence-corrected chi connectivity index (χ2v) is 7.89. The molecule has 0 saturated carbocycles. The standard InChI is InChI=1S/C19H18ClN3O2S/c1-14-5-2-3-6-15(14)12-21-19-10-9-17(13-22-19)23-26(24,25)18-8-4-7-16(20)11-18/h2-11,13,23H,12H2,1H3,(H,21,22). The average Bonchev–Trinajstić information content (AvgIpc) is 2.62. The minimum absolute atomic E-state index is 0.103. The largest absolute Gasteiger partial charge is 0.366 e. The third-order valence-corrected chi connectivity index (χ3v) is 5.46. The second-order valence-electron chi connectivity index (χ2n) is 5.78. The van der Waals surface area contributed by atoms with Crippen molar-refractivity contribution in [1.29, 1.82) is 0 Å². The molecule has 0 aliphatic rings. The highest BCUT2D eigenvalue weighted by Crippen LogP contribution is 2.20. The van der Waals surface area contributed by atoms with Crippen LogP contribution in [-0.4, -0.2) is 13.4 Å². The third kappa shape index (κ3) is 4.53. The molecule has 0 amide bonds. The van der Waals surface area contributed by atoms with Crippen LogP contribution in [0.25, 0.3) is 0 Å². The maximum Gasteiger partial charge on any atom is 0.261 e. The summed E-state index contributed by atoms with van der Waals surface area (Å²) in [7, 11) is -3.70. The van der Waals surface area contributed by atoms with Crippen LogP contribution in [0, 0.1) is 6.92 Å². The lowest BCUT2D eigenvalue weighted by Crippen LogP contribution is -2.13. The normalized spacial score (nSPS) is 11.2. The number of anilines is 2. The van der Waals surface area contributed by atoms with Crippen molar-refractivity contribution in [2.45, 2.75) is 18.4 Å². The van der Waals surface area contributed by atoms with Crippen LogP contribution in [0.3, 0.4) is 0 Å². The number of aryl methyl sites for hydroxylation is 1. The molecule has 0 saturated heterocycles. The Morgan fingerprint density at radius 3 is 2.54 bits per heavy atom. The van der Waals surface area contributed by atoms with Gasteiger partial charge in [0, 0.05) is 11.6 Å². The van der Waals surface area contributed by atoms with Crippen LogP contribution in [0.5, 0.6) is 0 Å². The fourth-order valence-corrected chi connectivity index (χ4v) is 3.74. The molecule has 0 fully saturated rings. The van der Waals surface area contributed by atoms with Crippen LogP contribution in [0.4, 0.5) is 11.5 Å². The van der Waals surface area contributed by atoms with Crippen LogP contribution in [0.15, 0.2) is 71.8 Å². The van der Waals surface area contributed by atoms with Gasteiger partial charge in [-0.1, -0.05) is 41.9 Å². The number of rotatable bonds is 6. The van der Waals surface area contributed by atoms with E-state index in [-0.39, 0.29) is 4.90 Å². The highest BCUT2D eigenvalue weighted by molar-refractivity contribution is 7.92. The molecule has 0 bridgehead atoms. The fraction of sp³-hybridized carbons (Fsp3) is 0.105. The maximum absolute atomic E-state index is 12.4. The summed E-state index contributed by atoms with van der Waals surface area (Å²) < 4.78 is 27.2. The van der Waals surface area contributed by atoms with Crippen molar-refractivity contribution in [3.8, 4) is 0 Å². The number of hydrogen-bond donors (Lipinski definition) is 2. The van der Waals surface area contributed by atoms with E-state index in [9.17, 15) is 8.42 Å². The molecule has 3 rings (SSSR count). The fourth-order valence-electron chi connectivity index (χ4n) is 2.40. The van der Waals surface area contributed by atoms with Gasteiger partial charge in [-0.2, -0.15) is 0 Å². The van der Waals surface area contributed by atoms with Crippen molar-refractivity contribution in [3.05, 3.63) is 83.0 Å². The molecular weight excluding hydrogens is 370 g/mol. The van der Waals surface area contributed by atoms with Gasteiger partial charge < -0.3 is 5.32 Å². The molecule has 0 aliphatic carbocycles. The molecule has 0 spiro atoms. The van der Waals surface area contributed by atoms with Gasteiger partial charge in [0.15, 0.2) is 0 Å². The van der Waals surface area contributed by atoms with E-state index in [2.05, 4.69) is 34.1 Å². The first kappa shape index (κ1) is 18.2. The average molecular weight is 388 g/mol. The lowest BCUT2D eigenvalue weighted by molar-refractivity contribution is 0.601. The third-order valence-electron chi connectivity index (χ3n) is 3.84. The van der Waals surface area contributed by atoms with E-state index >= 15 is 0 Å². The molecular formula is C19H18ClN3O2S. The lowest BCUT2D eigenvalue weighted by Gasteiger charge is -2.10. The molecule has 2 N–H and O–H groups in total. The molecule has 1 heterocycles. The maximum atomic E-state index is 12.4. The molecule has 26 heavy (non-hydrogen) atoms. The van der Waals surface area contributed by atoms with Crippen molar-refractivity contribution in [2.24, 2.45) is 0 Å². The lowest BCUT2D eigenvalue weighted by atomic mass is 10.1. The number of nitrogens with zero attached hydrogens (tertiary/aromatic N) is 1. The monoisotopic (exact) mass is 387 g/mol. The summed E-state index contributed by atoms with van der Waals surface area (Å²) in [6.45, 7) is 2.70. The Morgan fingerprint density at radius 1 is 1.04 bits per heavy atom. The number of hydrogen-bond acceptors (Lipinski definition) is 4. The number of benzene rings is 2. The zero-order valence-corrected chi connectivity index (χ0v) is 15.7. The minimum Gasteiger partial charge on any atom is -0.366 e. The zero-order chi connectivity index (χ0) is 18.6. The van der Waals surface area contributed by atoms with Gasteiger partial charge in [0.05, 0.1) is 16.8 Å². The molecule has 134 valence electrons. The van der Waals surface area contributed by atoms with Crippen molar-refractivity contribution >= 4 is 33.1 Å². The minimum atomic E-state index is -3.70. The predicted molar refractivity (Wildman–Crippen MR) is 105 cm³/mol. The number of halogens is 1. The summed E-state index contributed by atoms with van der Waals surface area (Å²) in [5.41, 5.74) is 2.76. The molecule has 1 aromatic heterocycles. The van der Waals surface area contributed by atoms with Gasteiger partial charge >= 0.3 is 0 Å². The Balaban J connectivity index is 1.67. The molecule has 0 atom stereocenters. The molecule has 2 aromatic carbocycles. The Morgan fingerprint density at radius 2 is 1.85 bits per heavy atom. The van der Waals surface area contributed by atoms with Gasteiger partial charge in [-0.3, -0.25) is 4.72 Å². The molecule has 0 unspecified atom stereocenters. The van der Waals surface area contributed by atoms with Gasteiger partial charge in [0.2, 0.25) is 0 Å². The number of nitrogens with one attached hydrogen (secondary N) is 2. The topological polar surface area (TPSA) is 71.1 Å². The summed E-state index contributed by atoms with van der Waals surface area (Å²) >= 11 is 5.86. The number of aromatic nitrogens is 1. The summed E-state index contributed by atoms with van der Waals surface area (Å²) in [6.07, 6.45) is 1.47. The van der Waals surface area contributed by atoms with Gasteiger partial charge in [0.25, 0.3) is 10.0 Å². The van der Waals surface area contributed by atoms with Gasteiger partial charge in [-0.25, -0.2) is 13.4 Å². The number of sulfonamides is 1. The SMILES string of the molecule is Cc1ccccc1CNc1ccc(NS(=O)(=O)c2cccc(Cl)c2)cn1. The summed E-state index contributed by atoms with van der Waals surface area (Å²) in [6, 6.07) is 17.6. The number of pyridine rings is 1. The molecule has 7 heteroatoms. The summed E-state index contributed by atoms with van der Waals surface area (Å²) in [5.74, 6) is 0.666. The summed E-state index contributed by atoms with van der Waals surface area (Å²) in [5, 5.41) is 3.59. The Bertz CT molecular complexity index is 1010. The molecule has 0 radical (unpaired) electrons. The van der Waals surface area contributed by atoms with Crippen LogP contribution in [0.2, 0.25) is 5.02 Å². The van der Waals surface area contributed by atoms with E-state index in [0.29, 0.717) is 23.1 Å². The van der Waals surface area contributed by atoms with Crippen molar-refractivity contribution in [3.63, 3.8) is 0 Å². The van der Waals surface area contributed by atoms with E-state index in [1.54, 1.807) is 24.3 Å². The van der Waals surface area contributed by atoms with E-state index < -0.39 is 10.0 Å². The summed E-state index contributed by atoms with van der Waals surface area (Å²) in [4.78, 5) is 4.36. The van der Waals surface area contributed by atoms with Gasteiger partial charge in [0.1, 0.15) is 5.82 Å². The first-order chi connectivity index (χ1) is 12.4. The first-order valence-electron chi connectivity index (χ1n) is 7.97. The second kappa shape index (κ2) is 7.76. The van der Waals surface area contributed by atoms with Gasteiger partial charge in [-0.15, -0.1) is 0 Å². The van der Waals surface area contributed by atoms with Crippen molar-refractivity contribution < 1.29 is 8.42 Å². The van der Waals surface area contributed by atoms with Crippen LogP contribution < -0.4 is 10.0 Å². The quantitative estimate of drug-likeness (QED) is 0.655. The smallest absolute Gasteiger partial charge is 0.261 e.